The Labute approximate surface area is 101 Å². The van der Waals surface area contributed by atoms with Crippen LogP contribution >= 0.6 is 11.6 Å². The summed E-state index contributed by atoms with van der Waals surface area (Å²) in [6.07, 6.45) is 2.88. The zero-order chi connectivity index (χ0) is 12.0. The molecule has 0 unspecified atom stereocenters. The second-order valence-electron chi connectivity index (χ2n) is 3.57. The van der Waals surface area contributed by atoms with Gasteiger partial charge in [-0.1, -0.05) is 11.6 Å². The highest BCUT2D eigenvalue weighted by Gasteiger charge is 2.33. The average molecular weight is 245 g/mol. The number of rotatable bonds is 0. The lowest BCUT2D eigenvalue weighted by molar-refractivity contribution is 0.0971. The van der Waals surface area contributed by atoms with Crippen LogP contribution in [0.25, 0.3) is 0 Å². The van der Waals surface area contributed by atoms with Gasteiger partial charge in [0.25, 0.3) is 0 Å². The largest absolute Gasteiger partial charge is 0.287 e. The molecule has 0 radical (unpaired) electrons. The molecule has 1 aliphatic carbocycles. The van der Waals surface area contributed by atoms with Crippen molar-refractivity contribution in [2.75, 3.05) is 0 Å². The quantitative estimate of drug-likeness (QED) is 0.606. The van der Waals surface area contributed by atoms with E-state index in [0.29, 0.717) is 0 Å². The maximum atomic E-state index is 12.1. The topological polar surface area (TPSA) is 59.9 Å². The standard InChI is InChI=1S/C12H5ClN2O2/c13-7-3-5-15-10-8(7)12(17)9-6(11(10)16)2-1-4-14-9/h1-5H. The van der Waals surface area contributed by atoms with Crippen LogP contribution in [0.3, 0.4) is 0 Å². The Hall–Kier alpha value is -2.07. The van der Waals surface area contributed by atoms with Crippen LogP contribution in [0.5, 0.6) is 0 Å². The van der Waals surface area contributed by atoms with Crippen molar-refractivity contribution in [1.82, 2.24) is 9.97 Å². The Morgan fingerprint density at radius 2 is 1.71 bits per heavy atom. The number of ketones is 2. The van der Waals surface area contributed by atoms with Crippen LogP contribution < -0.4 is 0 Å². The van der Waals surface area contributed by atoms with E-state index in [1.54, 1.807) is 12.1 Å². The van der Waals surface area contributed by atoms with Gasteiger partial charge in [-0.15, -0.1) is 0 Å². The number of carbonyl (C=O) groups excluding carboxylic acids is 2. The predicted molar refractivity (Wildman–Crippen MR) is 60.3 cm³/mol. The molecule has 0 saturated carbocycles. The highest BCUT2D eigenvalue weighted by molar-refractivity contribution is 6.38. The van der Waals surface area contributed by atoms with Crippen LogP contribution in [-0.2, 0) is 0 Å². The van der Waals surface area contributed by atoms with Crippen LogP contribution in [0.1, 0.15) is 32.1 Å². The summed E-state index contributed by atoms with van der Waals surface area (Å²) in [5.74, 6) is -0.668. The molecule has 0 spiro atoms. The number of aromatic nitrogens is 2. The van der Waals surface area contributed by atoms with E-state index in [2.05, 4.69) is 9.97 Å². The highest BCUT2D eigenvalue weighted by atomic mass is 35.5. The normalized spacial score (nSPS) is 13.2. The highest BCUT2D eigenvalue weighted by Crippen LogP contribution is 2.28. The molecule has 0 aliphatic heterocycles. The molecule has 17 heavy (non-hydrogen) atoms. The Balaban J connectivity index is 2.37. The van der Waals surface area contributed by atoms with Crippen molar-refractivity contribution in [3.05, 3.63) is 58.1 Å². The second kappa shape index (κ2) is 3.46. The van der Waals surface area contributed by atoms with Gasteiger partial charge in [-0.2, -0.15) is 0 Å². The van der Waals surface area contributed by atoms with Gasteiger partial charge in [-0.3, -0.25) is 19.6 Å². The Bertz CT molecular complexity index is 667. The Morgan fingerprint density at radius 3 is 2.53 bits per heavy atom. The Kier molecular flexibility index (Phi) is 2.06. The van der Waals surface area contributed by atoms with Crippen LogP contribution in [0.4, 0.5) is 0 Å². The summed E-state index contributed by atoms with van der Waals surface area (Å²) >= 11 is 5.93. The molecular weight excluding hydrogens is 240 g/mol. The molecule has 82 valence electrons. The number of halogens is 1. The summed E-state index contributed by atoms with van der Waals surface area (Å²) < 4.78 is 0. The lowest BCUT2D eigenvalue weighted by Crippen LogP contribution is -2.23. The summed E-state index contributed by atoms with van der Waals surface area (Å²) in [4.78, 5) is 32.1. The van der Waals surface area contributed by atoms with Gasteiger partial charge in [0.2, 0.25) is 11.6 Å². The molecule has 0 bridgehead atoms. The fourth-order valence-corrected chi connectivity index (χ4v) is 2.07. The van der Waals surface area contributed by atoms with E-state index in [1.807, 2.05) is 0 Å². The number of pyridine rings is 2. The van der Waals surface area contributed by atoms with Gasteiger partial charge >= 0.3 is 0 Å². The van der Waals surface area contributed by atoms with Gasteiger partial charge < -0.3 is 0 Å². The van der Waals surface area contributed by atoms with Gasteiger partial charge in [-0.25, -0.2) is 0 Å². The van der Waals surface area contributed by atoms with E-state index in [-0.39, 0.29) is 39.1 Å². The molecule has 4 nitrogen and oxygen atoms in total. The third-order valence-electron chi connectivity index (χ3n) is 2.61. The van der Waals surface area contributed by atoms with Crippen molar-refractivity contribution in [2.45, 2.75) is 0 Å². The lowest BCUT2D eigenvalue weighted by Gasteiger charge is -2.15. The molecule has 0 N–H and O–H groups in total. The minimum atomic E-state index is -0.353. The monoisotopic (exact) mass is 244 g/mol. The summed E-state index contributed by atoms with van der Waals surface area (Å²) in [5.41, 5.74) is 0.660. The number of fused-ring (bicyclic) bond motifs is 2. The third-order valence-corrected chi connectivity index (χ3v) is 2.92. The van der Waals surface area contributed by atoms with Crippen LogP contribution in [0.15, 0.2) is 30.6 Å². The van der Waals surface area contributed by atoms with Crippen LogP contribution in [0, 0.1) is 0 Å². The zero-order valence-electron chi connectivity index (χ0n) is 8.48. The van der Waals surface area contributed by atoms with Crippen molar-refractivity contribution in [3.63, 3.8) is 0 Å². The first-order valence-electron chi connectivity index (χ1n) is 4.89. The van der Waals surface area contributed by atoms with Crippen molar-refractivity contribution in [1.29, 1.82) is 0 Å². The maximum Gasteiger partial charge on any atom is 0.215 e. The molecule has 1 aliphatic rings. The smallest absolute Gasteiger partial charge is 0.215 e. The number of hydrogen-bond acceptors (Lipinski definition) is 4. The molecule has 0 atom stereocenters. The molecule has 0 fully saturated rings. The molecule has 2 aromatic heterocycles. The summed E-state index contributed by atoms with van der Waals surface area (Å²) in [6, 6.07) is 4.66. The first-order chi connectivity index (χ1) is 8.20. The lowest BCUT2D eigenvalue weighted by atomic mass is 9.90. The molecule has 3 rings (SSSR count). The van der Waals surface area contributed by atoms with Crippen molar-refractivity contribution >= 4 is 23.2 Å². The van der Waals surface area contributed by atoms with E-state index in [0.717, 1.165) is 0 Å². The van der Waals surface area contributed by atoms with Crippen molar-refractivity contribution in [2.24, 2.45) is 0 Å². The molecule has 0 saturated heterocycles. The van der Waals surface area contributed by atoms with Gasteiger partial charge in [0.15, 0.2) is 0 Å². The summed E-state index contributed by atoms with van der Waals surface area (Å²) in [7, 11) is 0. The number of carbonyl (C=O) groups is 2. The van der Waals surface area contributed by atoms with Crippen molar-refractivity contribution in [3.8, 4) is 0 Å². The van der Waals surface area contributed by atoms with Crippen LogP contribution in [-0.4, -0.2) is 21.5 Å². The maximum absolute atomic E-state index is 12.1. The fourth-order valence-electron chi connectivity index (χ4n) is 1.84. The second-order valence-corrected chi connectivity index (χ2v) is 3.98. The zero-order valence-corrected chi connectivity index (χ0v) is 9.23. The molecule has 0 amide bonds. The minimum absolute atomic E-state index is 0.100. The molecule has 2 heterocycles. The predicted octanol–water partition coefficient (Wildman–Crippen LogP) is 1.91. The first kappa shape index (κ1) is 10.1. The van der Waals surface area contributed by atoms with Crippen molar-refractivity contribution < 1.29 is 9.59 Å². The molecule has 0 aromatic carbocycles. The molecular formula is C12H5ClN2O2. The average Bonchev–Trinajstić information content (AvgIpc) is 2.36. The Morgan fingerprint density at radius 1 is 0.941 bits per heavy atom. The number of nitrogens with zero attached hydrogens (tertiary/aromatic N) is 2. The van der Waals surface area contributed by atoms with Gasteiger partial charge in [0.1, 0.15) is 11.4 Å². The first-order valence-corrected chi connectivity index (χ1v) is 5.27. The SMILES string of the molecule is O=C1c2cccnc2C(=O)c2c(Cl)ccnc21. The summed E-state index contributed by atoms with van der Waals surface area (Å²) in [5, 5.41) is 0.227. The third kappa shape index (κ3) is 1.31. The van der Waals surface area contributed by atoms with Crippen LogP contribution in [0.2, 0.25) is 5.02 Å². The van der Waals surface area contributed by atoms with E-state index in [9.17, 15) is 9.59 Å². The fraction of sp³-hybridized carbons (Fsp3) is 0. The van der Waals surface area contributed by atoms with E-state index in [4.69, 9.17) is 11.6 Å². The van der Waals surface area contributed by atoms with E-state index >= 15 is 0 Å². The van der Waals surface area contributed by atoms with E-state index < -0.39 is 0 Å². The van der Waals surface area contributed by atoms with Gasteiger partial charge in [-0.05, 0) is 18.2 Å². The van der Waals surface area contributed by atoms with E-state index in [1.165, 1.54) is 18.5 Å². The number of hydrogen-bond donors (Lipinski definition) is 0. The summed E-state index contributed by atoms with van der Waals surface area (Å²) in [6.45, 7) is 0. The minimum Gasteiger partial charge on any atom is -0.287 e. The van der Waals surface area contributed by atoms with Gasteiger partial charge in [0.05, 0.1) is 16.1 Å². The molecule has 2 aromatic rings. The van der Waals surface area contributed by atoms with Gasteiger partial charge in [0, 0.05) is 12.4 Å². The molecule has 5 heteroatoms.